The van der Waals surface area contributed by atoms with Crippen molar-refractivity contribution in [2.24, 2.45) is 11.8 Å². The van der Waals surface area contributed by atoms with Crippen LogP contribution in [0.5, 0.6) is 0 Å². The highest BCUT2D eigenvalue weighted by Gasteiger charge is 2.19. The number of hydrogen-bond donors (Lipinski definition) is 0. The van der Waals surface area contributed by atoms with Gasteiger partial charge in [0, 0.05) is 19.3 Å². The number of hydrogen-bond acceptors (Lipinski definition) is 6. The van der Waals surface area contributed by atoms with E-state index >= 15 is 0 Å². The summed E-state index contributed by atoms with van der Waals surface area (Å²) in [6, 6.07) is 0. The average Bonchev–Trinajstić information content (AvgIpc) is 3.12. The van der Waals surface area contributed by atoms with E-state index in [0.717, 1.165) is 69.6 Å². The predicted molar refractivity (Wildman–Crippen MR) is 224 cm³/mol. The minimum Gasteiger partial charge on any atom is -0.462 e. The maximum Gasteiger partial charge on any atom is 0.306 e. The molecule has 0 N–H and O–H groups in total. The standard InChI is InChI=1S/C47H90O6/c1-6-7-8-9-10-11-12-15-18-21-27-32-37-45(48)51-40-44(41-52-46(49)38-33-28-24-23-26-31-36-43(4)5)53-47(50)39-34-29-22-19-16-13-14-17-20-25-30-35-42(2)3/h42-44H,6-41H2,1-5H3/t44-/m1/s1. The van der Waals surface area contributed by atoms with Crippen molar-refractivity contribution in [3.63, 3.8) is 0 Å². The molecule has 0 aromatic rings. The zero-order valence-electron chi connectivity index (χ0n) is 36.1. The number of unbranched alkanes of at least 4 members (excludes halogenated alkanes) is 26. The number of carbonyl (C=O) groups is 3. The van der Waals surface area contributed by atoms with E-state index in [1.807, 2.05) is 0 Å². The van der Waals surface area contributed by atoms with Crippen molar-refractivity contribution >= 4 is 17.9 Å². The van der Waals surface area contributed by atoms with E-state index in [9.17, 15) is 14.4 Å². The molecule has 6 heteroatoms. The van der Waals surface area contributed by atoms with Crippen molar-refractivity contribution in [3.8, 4) is 0 Å². The lowest BCUT2D eigenvalue weighted by Gasteiger charge is -2.18. The monoisotopic (exact) mass is 751 g/mol. The van der Waals surface area contributed by atoms with Crippen LogP contribution in [0, 0.1) is 11.8 Å². The molecule has 0 bridgehead atoms. The molecule has 53 heavy (non-hydrogen) atoms. The van der Waals surface area contributed by atoms with Crippen LogP contribution >= 0.6 is 0 Å². The van der Waals surface area contributed by atoms with Gasteiger partial charge < -0.3 is 14.2 Å². The SMILES string of the molecule is CCCCCCCCCCCCCCC(=O)OC[C@H](COC(=O)CCCCCCCCC(C)C)OC(=O)CCCCCCCCCCCCCC(C)C. The number of carbonyl (C=O) groups excluding carboxylic acids is 3. The average molecular weight is 751 g/mol. The maximum atomic E-state index is 12.7. The summed E-state index contributed by atoms with van der Waals surface area (Å²) in [7, 11) is 0. The van der Waals surface area contributed by atoms with Gasteiger partial charge in [-0.05, 0) is 31.1 Å². The molecule has 0 heterocycles. The molecule has 0 aliphatic rings. The van der Waals surface area contributed by atoms with E-state index in [-0.39, 0.29) is 31.1 Å². The van der Waals surface area contributed by atoms with Gasteiger partial charge in [0.15, 0.2) is 6.10 Å². The normalized spacial score (nSPS) is 12.1. The fourth-order valence-corrected chi connectivity index (χ4v) is 6.93. The topological polar surface area (TPSA) is 78.9 Å². The highest BCUT2D eigenvalue weighted by atomic mass is 16.6. The first kappa shape index (κ1) is 51.4. The molecule has 0 radical (unpaired) electrons. The van der Waals surface area contributed by atoms with Crippen molar-refractivity contribution in [2.45, 2.75) is 259 Å². The fraction of sp³-hybridized carbons (Fsp3) is 0.936. The Morgan fingerprint density at radius 2 is 0.623 bits per heavy atom. The summed E-state index contributed by atoms with van der Waals surface area (Å²) >= 11 is 0. The van der Waals surface area contributed by atoms with Gasteiger partial charge in [0.05, 0.1) is 0 Å². The zero-order chi connectivity index (χ0) is 39.0. The van der Waals surface area contributed by atoms with Crippen LogP contribution in [0.25, 0.3) is 0 Å². The van der Waals surface area contributed by atoms with E-state index < -0.39 is 6.10 Å². The molecule has 0 saturated heterocycles. The van der Waals surface area contributed by atoms with Crippen molar-refractivity contribution in [3.05, 3.63) is 0 Å². The lowest BCUT2D eigenvalue weighted by molar-refractivity contribution is -0.167. The Balaban J connectivity index is 4.32. The van der Waals surface area contributed by atoms with E-state index in [1.165, 1.54) is 141 Å². The van der Waals surface area contributed by atoms with Gasteiger partial charge in [0.2, 0.25) is 0 Å². The van der Waals surface area contributed by atoms with E-state index in [4.69, 9.17) is 14.2 Å². The summed E-state index contributed by atoms with van der Waals surface area (Å²) in [4.78, 5) is 37.7. The van der Waals surface area contributed by atoms with Crippen molar-refractivity contribution in [1.29, 1.82) is 0 Å². The van der Waals surface area contributed by atoms with Crippen molar-refractivity contribution in [2.75, 3.05) is 13.2 Å². The molecule has 0 unspecified atom stereocenters. The molecular formula is C47H90O6. The molecule has 0 amide bonds. The quantitative estimate of drug-likeness (QED) is 0.0352. The van der Waals surface area contributed by atoms with Crippen LogP contribution in [-0.4, -0.2) is 37.2 Å². The molecule has 0 spiro atoms. The number of ether oxygens (including phenoxy) is 3. The third-order valence-electron chi connectivity index (χ3n) is 10.5. The van der Waals surface area contributed by atoms with Gasteiger partial charge in [0.25, 0.3) is 0 Å². The van der Waals surface area contributed by atoms with Gasteiger partial charge in [-0.25, -0.2) is 0 Å². The van der Waals surface area contributed by atoms with Crippen LogP contribution in [0.4, 0.5) is 0 Å². The van der Waals surface area contributed by atoms with Gasteiger partial charge in [-0.3, -0.25) is 14.4 Å². The molecule has 1 atom stereocenters. The molecule has 0 aromatic heterocycles. The minimum atomic E-state index is -0.760. The summed E-state index contributed by atoms with van der Waals surface area (Å²) in [5.74, 6) is 0.728. The smallest absolute Gasteiger partial charge is 0.306 e. The van der Waals surface area contributed by atoms with Crippen LogP contribution in [0.3, 0.4) is 0 Å². The second-order valence-electron chi connectivity index (χ2n) is 17.0. The third kappa shape index (κ3) is 41.4. The van der Waals surface area contributed by atoms with Gasteiger partial charge >= 0.3 is 17.9 Å². The van der Waals surface area contributed by atoms with Crippen LogP contribution < -0.4 is 0 Å². The number of esters is 3. The van der Waals surface area contributed by atoms with Gasteiger partial charge in [-0.1, -0.05) is 214 Å². The minimum absolute atomic E-state index is 0.0653. The number of rotatable bonds is 41. The molecule has 0 aromatic carbocycles. The molecule has 6 nitrogen and oxygen atoms in total. The van der Waals surface area contributed by atoms with Crippen LogP contribution in [0.1, 0.15) is 253 Å². The Hall–Kier alpha value is -1.59. The second kappa shape index (κ2) is 40.1. The van der Waals surface area contributed by atoms with Crippen LogP contribution in [0.15, 0.2) is 0 Å². The van der Waals surface area contributed by atoms with E-state index in [0.29, 0.717) is 19.3 Å². The first-order chi connectivity index (χ1) is 25.7. The summed E-state index contributed by atoms with van der Waals surface area (Å²) in [6.07, 6.45) is 38.1. The van der Waals surface area contributed by atoms with Gasteiger partial charge in [-0.15, -0.1) is 0 Å². The zero-order valence-corrected chi connectivity index (χ0v) is 36.1. The summed E-state index contributed by atoms with van der Waals surface area (Å²) in [5, 5.41) is 0. The molecule has 0 aliphatic carbocycles. The van der Waals surface area contributed by atoms with Gasteiger partial charge in [-0.2, -0.15) is 0 Å². The van der Waals surface area contributed by atoms with E-state index in [2.05, 4.69) is 34.6 Å². The Bertz CT molecular complexity index is 809. The van der Waals surface area contributed by atoms with E-state index in [1.54, 1.807) is 0 Å². The maximum absolute atomic E-state index is 12.7. The Morgan fingerprint density at radius 1 is 0.358 bits per heavy atom. The molecule has 314 valence electrons. The van der Waals surface area contributed by atoms with Crippen LogP contribution in [0.2, 0.25) is 0 Å². The molecule has 0 aliphatic heterocycles. The largest absolute Gasteiger partial charge is 0.462 e. The highest BCUT2D eigenvalue weighted by Crippen LogP contribution is 2.16. The first-order valence-electron chi connectivity index (χ1n) is 23.2. The fourth-order valence-electron chi connectivity index (χ4n) is 6.93. The van der Waals surface area contributed by atoms with Crippen LogP contribution in [-0.2, 0) is 28.6 Å². The molecular weight excluding hydrogens is 661 g/mol. The lowest BCUT2D eigenvalue weighted by atomic mass is 10.0. The molecule has 0 saturated carbocycles. The summed E-state index contributed by atoms with van der Waals surface area (Å²) < 4.78 is 16.7. The summed E-state index contributed by atoms with van der Waals surface area (Å²) in [6.45, 7) is 11.3. The Labute approximate surface area is 329 Å². The second-order valence-corrected chi connectivity index (χ2v) is 17.0. The lowest BCUT2D eigenvalue weighted by Crippen LogP contribution is -2.30. The van der Waals surface area contributed by atoms with Crippen molar-refractivity contribution in [1.82, 2.24) is 0 Å². The third-order valence-corrected chi connectivity index (χ3v) is 10.5. The Kier molecular flexibility index (Phi) is 38.9. The first-order valence-corrected chi connectivity index (χ1v) is 23.2. The predicted octanol–water partition coefficient (Wildman–Crippen LogP) is 14.6. The Morgan fingerprint density at radius 3 is 0.925 bits per heavy atom. The highest BCUT2D eigenvalue weighted by molar-refractivity contribution is 5.71. The molecule has 0 fully saturated rings. The summed E-state index contributed by atoms with van der Waals surface area (Å²) in [5.41, 5.74) is 0. The molecule has 0 rings (SSSR count). The van der Waals surface area contributed by atoms with Crippen molar-refractivity contribution < 1.29 is 28.6 Å². The van der Waals surface area contributed by atoms with Gasteiger partial charge in [0.1, 0.15) is 13.2 Å².